The van der Waals surface area contributed by atoms with Crippen molar-refractivity contribution in [1.29, 1.82) is 0 Å². The van der Waals surface area contributed by atoms with E-state index in [9.17, 15) is 4.79 Å². The van der Waals surface area contributed by atoms with E-state index in [0.29, 0.717) is 6.04 Å². The number of carboxylic acid groups (broad SMARTS) is 1. The summed E-state index contributed by atoms with van der Waals surface area (Å²) in [5, 5.41) is 12.3. The summed E-state index contributed by atoms with van der Waals surface area (Å²) in [4.78, 5) is 13.2. The van der Waals surface area contributed by atoms with Crippen LogP contribution in [-0.2, 0) is 4.79 Å². The number of hydrogen-bond acceptors (Lipinski definition) is 3. The highest BCUT2D eigenvalue weighted by molar-refractivity contribution is 5.66. The van der Waals surface area contributed by atoms with Crippen molar-refractivity contribution in [2.24, 2.45) is 5.41 Å². The standard InChI is InChI=1S/C14H28N2O2/c1-13(2,3)16-10-14(4,5)9-15-8-11(16)6-7-12(17)18/h11,15H,6-10H2,1-5H3,(H,17,18). The fraction of sp³-hybridized carbons (Fsp3) is 0.929. The summed E-state index contributed by atoms with van der Waals surface area (Å²) < 4.78 is 0. The fourth-order valence-corrected chi connectivity index (χ4v) is 2.67. The van der Waals surface area contributed by atoms with Crippen molar-refractivity contribution in [3.63, 3.8) is 0 Å². The first kappa shape index (κ1) is 15.4. The van der Waals surface area contributed by atoms with Gasteiger partial charge in [0.25, 0.3) is 0 Å². The number of carboxylic acids is 1. The molecule has 0 bridgehead atoms. The van der Waals surface area contributed by atoms with Gasteiger partial charge in [0.2, 0.25) is 0 Å². The van der Waals surface area contributed by atoms with Crippen molar-refractivity contribution in [2.75, 3.05) is 19.6 Å². The first-order chi connectivity index (χ1) is 8.12. The minimum absolute atomic E-state index is 0.0759. The van der Waals surface area contributed by atoms with Crippen molar-refractivity contribution in [1.82, 2.24) is 10.2 Å². The Balaban J connectivity index is 2.81. The Morgan fingerprint density at radius 2 is 2.06 bits per heavy atom. The maximum absolute atomic E-state index is 10.8. The predicted octanol–water partition coefficient (Wildman–Crippen LogP) is 1.95. The number of carbonyl (C=O) groups is 1. The number of rotatable bonds is 3. The minimum Gasteiger partial charge on any atom is -0.481 e. The van der Waals surface area contributed by atoms with E-state index in [1.165, 1.54) is 0 Å². The molecule has 2 N–H and O–H groups in total. The number of nitrogens with zero attached hydrogens (tertiary/aromatic N) is 1. The summed E-state index contributed by atoms with van der Waals surface area (Å²) in [6.45, 7) is 14.0. The molecule has 0 saturated carbocycles. The summed E-state index contributed by atoms with van der Waals surface area (Å²) >= 11 is 0. The van der Waals surface area contributed by atoms with E-state index in [2.05, 4.69) is 44.8 Å². The summed E-state index contributed by atoms with van der Waals surface area (Å²) in [6, 6.07) is 0.308. The lowest BCUT2D eigenvalue weighted by Crippen LogP contribution is -2.52. The first-order valence-electron chi connectivity index (χ1n) is 6.81. The van der Waals surface area contributed by atoms with E-state index in [4.69, 9.17) is 5.11 Å². The lowest BCUT2D eigenvalue weighted by atomic mass is 9.90. The van der Waals surface area contributed by atoms with Gasteiger partial charge in [-0.25, -0.2) is 0 Å². The van der Waals surface area contributed by atoms with Gasteiger partial charge in [-0.1, -0.05) is 13.8 Å². The predicted molar refractivity (Wildman–Crippen MR) is 73.8 cm³/mol. The van der Waals surface area contributed by atoms with E-state index in [0.717, 1.165) is 26.1 Å². The van der Waals surface area contributed by atoms with Gasteiger partial charge in [0.05, 0.1) is 0 Å². The molecule has 4 nitrogen and oxygen atoms in total. The Hall–Kier alpha value is -0.610. The van der Waals surface area contributed by atoms with Crippen LogP contribution in [0.25, 0.3) is 0 Å². The van der Waals surface area contributed by atoms with Gasteiger partial charge in [-0.05, 0) is 32.6 Å². The highest BCUT2D eigenvalue weighted by atomic mass is 16.4. The van der Waals surface area contributed by atoms with Crippen LogP contribution in [0.1, 0.15) is 47.5 Å². The van der Waals surface area contributed by atoms with Gasteiger partial charge in [-0.15, -0.1) is 0 Å². The Morgan fingerprint density at radius 1 is 1.44 bits per heavy atom. The van der Waals surface area contributed by atoms with Crippen molar-refractivity contribution in [2.45, 2.75) is 59.0 Å². The first-order valence-corrected chi connectivity index (χ1v) is 6.81. The SMILES string of the molecule is CC1(C)CNCC(CCC(=O)O)N(C(C)(C)C)C1. The molecule has 0 aromatic heterocycles. The zero-order valence-corrected chi connectivity index (χ0v) is 12.4. The molecule has 0 amide bonds. The molecule has 106 valence electrons. The molecule has 1 saturated heterocycles. The Kier molecular flexibility index (Phi) is 4.78. The van der Waals surface area contributed by atoms with Crippen LogP contribution in [0.15, 0.2) is 0 Å². The van der Waals surface area contributed by atoms with Gasteiger partial charge in [-0.3, -0.25) is 9.69 Å². The molecular weight excluding hydrogens is 228 g/mol. The minimum atomic E-state index is -0.702. The summed E-state index contributed by atoms with van der Waals surface area (Å²) in [5.74, 6) is -0.702. The Labute approximate surface area is 111 Å². The van der Waals surface area contributed by atoms with Crippen molar-refractivity contribution < 1.29 is 9.90 Å². The van der Waals surface area contributed by atoms with Crippen LogP contribution < -0.4 is 5.32 Å². The van der Waals surface area contributed by atoms with Gasteiger partial charge in [0.15, 0.2) is 0 Å². The molecule has 0 spiro atoms. The number of nitrogens with one attached hydrogen (secondary N) is 1. The second-order valence-electron chi connectivity index (χ2n) is 7.18. The van der Waals surface area contributed by atoms with Gasteiger partial charge in [-0.2, -0.15) is 0 Å². The Bertz CT molecular complexity index is 295. The molecule has 1 atom stereocenters. The van der Waals surface area contributed by atoms with Gasteiger partial charge in [0.1, 0.15) is 0 Å². The van der Waals surface area contributed by atoms with Crippen LogP contribution >= 0.6 is 0 Å². The zero-order chi connectivity index (χ0) is 14.0. The quantitative estimate of drug-likeness (QED) is 0.810. The molecule has 1 heterocycles. The molecule has 0 aliphatic carbocycles. The van der Waals surface area contributed by atoms with Gasteiger partial charge in [0, 0.05) is 37.6 Å². The normalized spacial score (nSPS) is 25.7. The zero-order valence-electron chi connectivity index (χ0n) is 12.4. The highest BCUT2D eigenvalue weighted by Gasteiger charge is 2.36. The molecule has 1 unspecified atom stereocenters. The maximum Gasteiger partial charge on any atom is 0.303 e. The fourth-order valence-electron chi connectivity index (χ4n) is 2.67. The second kappa shape index (κ2) is 5.57. The van der Waals surface area contributed by atoms with Crippen LogP contribution in [0.4, 0.5) is 0 Å². The third-order valence-electron chi connectivity index (χ3n) is 3.58. The topological polar surface area (TPSA) is 52.6 Å². The molecule has 0 aromatic rings. The molecule has 0 radical (unpaired) electrons. The average Bonchev–Trinajstić information content (AvgIpc) is 2.32. The largest absolute Gasteiger partial charge is 0.481 e. The van der Waals surface area contributed by atoms with Crippen molar-refractivity contribution in [3.05, 3.63) is 0 Å². The van der Waals surface area contributed by atoms with Gasteiger partial charge >= 0.3 is 5.97 Å². The second-order valence-corrected chi connectivity index (χ2v) is 7.18. The molecule has 1 aliphatic heterocycles. The van der Waals surface area contributed by atoms with Crippen LogP contribution in [0.2, 0.25) is 0 Å². The molecule has 1 fully saturated rings. The Morgan fingerprint density at radius 3 is 2.56 bits per heavy atom. The van der Waals surface area contributed by atoms with E-state index < -0.39 is 5.97 Å². The maximum atomic E-state index is 10.8. The monoisotopic (exact) mass is 256 g/mol. The van der Waals surface area contributed by atoms with Crippen LogP contribution in [0, 0.1) is 5.41 Å². The van der Waals surface area contributed by atoms with Crippen LogP contribution in [-0.4, -0.2) is 47.2 Å². The number of aliphatic carboxylic acids is 1. The molecule has 4 heteroatoms. The van der Waals surface area contributed by atoms with Crippen molar-refractivity contribution >= 4 is 5.97 Å². The van der Waals surface area contributed by atoms with Crippen LogP contribution in [0.3, 0.4) is 0 Å². The number of hydrogen-bond donors (Lipinski definition) is 2. The summed E-state index contributed by atoms with van der Waals surface area (Å²) in [6.07, 6.45) is 0.967. The molecule has 1 aliphatic rings. The van der Waals surface area contributed by atoms with Gasteiger partial charge < -0.3 is 10.4 Å². The van der Waals surface area contributed by atoms with Crippen LogP contribution in [0.5, 0.6) is 0 Å². The smallest absolute Gasteiger partial charge is 0.303 e. The van der Waals surface area contributed by atoms with E-state index in [1.54, 1.807) is 0 Å². The summed E-state index contributed by atoms with van der Waals surface area (Å²) in [7, 11) is 0. The van der Waals surface area contributed by atoms with E-state index in [1.807, 2.05) is 0 Å². The highest BCUT2D eigenvalue weighted by Crippen LogP contribution is 2.28. The lowest BCUT2D eigenvalue weighted by molar-refractivity contribution is -0.137. The van der Waals surface area contributed by atoms with Crippen molar-refractivity contribution in [3.8, 4) is 0 Å². The molecular formula is C14H28N2O2. The summed E-state index contributed by atoms with van der Waals surface area (Å²) in [5.41, 5.74) is 0.303. The molecule has 0 aromatic carbocycles. The van der Waals surface area contributed by atoms with E-state index in [-0.39, 0.29) is 17.4 Å². The average molecular weight is 256 g/mol. The molecule has 18 heavy (non-hydrogen) atoms. The lowest BCUT2D eigenvalue weighted by Gasteiger charge is -2.43. The third-order valence-corrected chi connectivity index (χ3v) is 3.58. The third kappa shape index (κ3) is 4.58. The van der Waals surface area contributed by atoms with E-state index >= 15 is 0 Å². The molecule has 1 rings (SSSR count).